The van der Waals surface area contributed by atoms with E-state index in [1.165, 1.54) is 19.3 Å². The van der Waals surface area contributed by atoms with Gasteiger partial charge in [-0.15, -0.1) is 0 Å². The lowest BCUT2D eigenvalue weighted by Gasteiger charge is -2.18. The molecule has 2 atom stereocenters. The minimum atomic E-state index is -0.0693. The van der Waals surface area contributed by atoms with Crippen molar-refractivity contribution in [1.29, 1.82) is 0 Å². The Labute approximate surface area is 99.9 Å². The predicted molar refractivity (Wildman–Crippen MR) is 67.4 cm³/mol. The summed E-state index contributed by atoms with van der Waals surface area (Å²) in [4.78, 5) is 11.5. The van der Waals surface area contributed by atoms with E-state index in [4.69, 9.17) is 4.74 Å². The standard InChI is InChI=1S/C13H27NO2/c1-5-8-9-11(4)14-10-12(6-2)13(15)16-7-3/h11-12,14H,5-10H2,1-4H3. The second-order valence-electron chi connectivity index (χ2n) is 4.31. The molecule has 2 unspecified atom stereocenters. The lowest BCUT2D eigenvalue weighted by atomic mass is 10.1. The van der Waals surface area contributed by atoms with Crippen LogP contribution in [0.3, 0.4) is 0 Å². The van der Waals surface area contributed by atoms with E-state index in [0.29, 0.717) is 12.6 Å². The third-order valence-electron chi connectivity index (χ3n) is 2.82. The van der Waals surface area contributed by atoms with Crippen molar-refractivity contribution < 1.29 is 9.53 Å². The van der Waals surface area contributed by atoms with E-state index in [-0.39, 0.29) is 11.9 Å². The minimum absolute atomic E-state index is 0.00373. The Hall–Kier alpha value is -0.570. The topological polar surface area (TPSA) is 38.3 Å². The van der Waals surface area contributed by atoms with Gasteiger partial charge in [-0.3, -0.25) is 4.79 Å². The number of esters is 1. The maximum absolute atomic E-state index is 11.5. The number of unbranched alkanes of at least 4 members (excludes halogenated alkanes) is 1. The fraction of sp³-hybridized carbons (Fsp3) is 0.923. The van der Waals surface area contributed by atoms with E-state index in [2.05, 4.69) is 19.2 Å². The fourth-order valence-electron chi connectivity index (χ4n) is 1.61. The first-order valence-electron chi connectivity index (χ1n) is 6.55. The van der Waals surface area contributed by atoms with Gasteiger partial charge in [-0.2, -0.15) is 0 Å². The molecular formula is C13H27NO2. The molecule has 0 aromatic rings. The number of carbonyl (C=O) groups excluding carboxylic acids is 1. The monoisotopic (exact) mass is 229 g/mol. The molecule has 0 rings (SSSR count). The van der Waals surface area contributed by atoms with E-state index in [9.17, 15) is 4.79 Å². The van der Waals surface area contributed by atoms with Gasteiger partial charge in [-0.05, 0) is 26.7 Å². The Bertz CT molecular complexity index is 183. The Morgan fingerprint density at radius 3 is 2.50 bits per heavy atom. The Balaban J connectivity index is 3.81. The molecule has 0 aliphatic heterocycles. The van der Waals surface area contributed by atoms with Crippen molar-refractivity contribution in [3.8, 4) is 0 Å². The lowest BCUT2D eigenvalue weighted by Crippen LogP contribution is -2.34. The summed E-state index contributed by atoms with van der Waals surface area (Å²) in [6.07, 6.45) is 4.48. The van der Waals surface area contributed by atoms with Gasteiger partial charge >= 0.3 is 5.97 Å². The van der Waals surface area contributed by atoms with Gasteiger partial charge in [-0.1, -0.05) is 26.7 Å². The molecule has 3 nitrogen and oxygen atoms in total. The minimum Gasteiger partial charge on any atom is -0.466 e. The summed E-state index contributed by atoms with van der Waals surface area (Å²) in [5.41, 5.74) is 0. The molecule has 0 aliphatic rings. The second-order valence-corrected chi connectivity index (χ2v) is 4.31. The molecule has 16 heavy (non-hydrogen) atoms. The van der Waals surface area contributed by atoms with Crippen LogP contribution < -0.4 is 5.32 Å². The van der Waals surface area contributed by atoms with Gasteiger partial charge in [0.1, 0.15) is 0 Å². The summed E-state index contributed by atoms with van der Waals surface area (Å²) in [5.74, 6) is -0.0655. The molecule has 0 saturated carbocycles. The maximum Gasteiger partial charge on any atom is 0.310 e. The molecule has 0 bridgehead atoms. The highest BCUT2D eigenvalue weighted by molar-refractivity contribution is 5.72. The summed E-state index contributed by atoms with van der Waals surface area (Å²) in [6, 6.07) is 0.489. The smallest absolute Gasteiger partial charge is 0.310 e. The van der Waals surface area contributed by atoms with Gasteiger partial charge < -0.3 is 10.1 Å². The number of nitrogens with one attached hydrogen (secondary N) is 1. The SMILES string of the molecule is CCCCC(C)NCC(CC)C(=O)OCC. The van der Waals surface area contributed by atoms with Gasteiger partial charge in [0.25, 0.3) is 0 Å². The maximum atomic E-state index is 11.5. The zero-order chi connectivity index (χ0) is 12.4. The number of ether oxygens (including phenoxy) is 1. The number of carbonyl (C=O) groups is 1. The molecule has 0 amide bonds. The van der Waals surface area contributed by atoms with E-state index in [0.717, 1.165) is 13.0 Å². The molecule has 1 N–H and O–H groups in total. The van der Waals surface area contributed by atoms with E-state index >= 15 is 0 Å². The molecule has 0 aromatic carbocycles. The van der Waals surface area contributed by atoms with Gasteiger partial charge in [0.15, 0.2) is 0 Å². The van der Waals surface area contributed by atoms with Crippen LogP contribution in [0.15, 0.2) is 0 Å². The van der Waals surface area contributed by atoms with Crippen molar-refractivity contribution in [3.05, 3.63) is 0 Å². The van der Waals surface area contributed by atoms with Crippen LogP contribution in [-0.4, -0.2) is 25.2 Å². The van der Waals surface area contributed by atoms with E-state index in [1.807, 2.05) is 13.8 Å². The normalized spacial score (nSPS) is 14.5. The van der Waals surface area contributed by atoms with Crippen LogP contribution in [0, 0.1) is 5.92 Å². The zero-order valence-corrected chi connectivity index (χ0v) is 11.2. The number of hydrogen-bond donors (Lipinski definition) is 1. The average Bonchev–Trinajstić information content (AvgIpc) is 2.27. The summed E-state index contributed by atoms with van der Waals surface area (Å²) >= 11 is 0. The number of hydrogen-bond acceptors (Lipinski definition) is 3. The molecule has 0 fully saturated rings. The van der Waals surface area contributed by atoms with Gasteiger partial charge in [0.2, 0.25) is 0 Å². The van der Waals surface area contributed by atoms with Crippen LogP contribution >= 0.6 is 0 Å². The Morgan fingerprint density at radius 1 is 1.31 bits per heavy atom. The molecular weight excluding hydrogens is 202 g/mol. The van der Waals surface area contributed by atoms with Crippen molar-refractivity contribution >= 4 is 5.97 Å². The highest BCUT2D eigenvalue weighted by Gasteiger charge is 2.17. The van der Waals surface area contributed by atoms with Crippen LogP contribution in [0.2, 0.25) is 0 Å². The summed E-state index contributed by atoms with van der Waals surface area (Å²) in [5, 5.41) is 3.41. The highest BCUT2D eigenvalue weighted by atomic mass is 16.5. The molecule has 0 heterocycles. The summed E-state index contributed by atoms with van der Waals surface area (Å²) in [6.45, 7) is 9.45. The molecule has 0 aliphatic carbocycles. The van der Waals surface area contributed by atoms with Crippen molar-refractivity contribution in [1.82, 2.24) is 5.32 Å². The van der Waals surface area contributed by atoms with Crippen LogP contribution in [0.4, 0.5) is 0 Å². The summed E-state index contributed by atoms with van der Waals surface area (Å²) < 4.78 is 5.03. The first-order chi connectivity index (χ1) is 7.65. The first kappa shape index (κ1) is 15.4. The quantitative estimate of drug-likeness (QED) is 0.618. The molecule has 96 valence electrons. The summed E-state index contributed by atoms with van der Waals surface area (Å²) in [7, 11) is 0. The highest BCUT2D eigenvalue weighted by Crippen LogP contribution is 2.06. The van der Waals surface area contributed by atoms with Crippen molar-refractivity contribution in [2.45, 2.75) is 59.4 Å². The fourth-order valence-corrected chi connectivity index (χ4v) is 1.61. The lowest BCUT2D eigenvalue weighted by molar-refractivity contribution is -0.148. The van der Waals surface area contributed by atoms with Crippen LogP contribution in [0.5, 0.6) is 0 Å². The van der Waals surface area contributed by atoms with Crippen molar-refractivity contribution in [2.75, 3.05) is 13.2 Å². The molecule has 0 saturated heterocycles. The van der Waals surface area contributed by atoms with Crippen LogP contribution in [0.25, 0.3) is 0 Å². The van der Waals surface area contributed by atoms with Gasteiger partial charge in [0.05, 0.1) is 12.5 Å². The third kappa shape index (κ3) is 6.83. The average molecular weight is 229 g/mol. The Kier molecular flexibility index (Phi) is 9.30. The Morgan fingerprint density at radius 2 is 2.00 bits per heavy atom. The van der Waals surface area contributed by atoms with Crippen molar-refractivity contribution in [3.63, 3.8) is 0 Å². The van der Waals surface area contributed by atoms with E-state index in [1.54, 1.807) is 0 Å². The van der Waals surface area contributed by atoms with Crippen molar-refractivity contribution in [2.24, 2.45) is 5.92 Å². The first-order valence-corrected chi connectivity index (χ1v) is 6.55. The third-order valence-corrected chi connectivity index (χ3v) is 2.82. The predicted octanol–water partition coefficient (Wildman–Crippen LogP) is 2.74. The molecule has 0 radical (unpaired) electrons. The van der Waals surface area contributed by atoms with Gasteiger partial charge in [-0.25, -0.2) is 0 Å². The van der Waals surface area contributed by atoms with Gasteiger partial charge in [0, 0.05) is 12.6 Å². The molecule has 3 heteroatoms. The van der Waals surface area contributed by atoms with E-state index < -0.39 is 0 Å². The van der Waals surface area contributed by atoms with Crippen LogP contribution in [0.1, 0.15) is 53.4 Å². The van der Waals surface area contributed by atoms with Crippen LogP contribution in [-0.2, 0) is 9.53 Å². The molecule has 0 spiro atoms. The number of rotatable bonds is 9. The zero-order valence-electron chi connectivity index (χ0n) is 11.2. The molecule has 0 aromatic heterocycles. The largest absolute Gasteiger partial charge is 0.466 e. The second kappa shape index (κ2) is 9.64.